The molecule has 0 saturated heterocycles. The molecule has 1 heterocycles. The number of hydrogen-bond donors (Lipinski definition) is 3. The van der Waals surface area contributed by atoms with Gasteiger partial charge < -0.3 is 10.4 Å². The van der Waals surface area contributed by atoms with Crippen molar-refractivity contribution in [2.45, 2.75) is 43.7 Å². The van der Waals surface area contributed by atoms with Crippen LogP contribution in [0.1, 0.15) is 42.9 Å². The Balaban J connectivity index is 1.80. The zero-order valence-corrected chi connectivity index (χ0v) is 22.1. The van der Waals surface area contributed by atoms with E-state index in [0.717, 1.165) is 10.5 Å². The van der Waals surface area contributed by atoms with Crippen molar-refractivity contribution in [3.63, 3.8) is 0 Å². The average Bonchev–Trinajstić information content (AvgIpc) is 3.36. The number of sulfonamides is 1. The fraction of sp³-hybridized carbons (Fsp3) is 0.280. The molecule has 10 nitrogen and oxygen atoms in total. The van der Waals surface area contributed by atoms with Crippen LogP contribution in [0.25, 0.3) is 0 Å². The van der Waals surface area contributed by atoms with Gasteiger partial charge in [0.05, 0.1) is 22.6 Å². The predicted octanol–water partition coefficient (Wildman–Crippen LogP) is 3.99. The maximum absolute atomic E-state index is 13.3. The highest BCUT2D eigenvalue weighted by Crippen LogP contribution is 2.25. The third kappa shape index (κ3) is 7.60. The molecule has 0 radical (unpaired) electrons. The number of benzene rings is 2. The molecule has 0 spiro atoms. The van der Waals surface area contributed by atoms with Crippen molar-refractivity contribution in [3.8, 4) is 6.07 Å². The number of nitriles is 1. The maximum Gasteiger partial charge on any atom is 0.408 e. The van der Waals surface area contributed by atoms with Gasteiger partial charge >= 0.3 is 6.09 Å². The minimum Gasteiger partial charge on any atom is -0.465 e. The molecule has 3 N–H and O–H groups in total. The average molecular weight is 542 g/mol. The first-order valence-corrected chi connectivity index (χ1v) is 13.6. The van der Waals surface area contributed by atoms with Crippen LogP contribution in [0.5, 0.6) is 0 Å². The van der Waals surface area contributed by atoms with Crippen molar-refractivity contribution >= 4 is 39.0 Å². The number of hydrogen-bond acceptors (Lipinski definition) is 7. The van der Waals surface area contributed by atoms with Crippen LogP contribution in [0, 0.1) is 11.3 Å². The van der Waals surface area contributed by atoms with Gasteiger partial charge in [0.15, 0.2) is 0 Å². The number of thiazole rings is 1. The number of rotatable bonds is 9. The number of nitrogens with one attached hydrogen (secondary N) is 2. The summed E-state index contributed by atoms with van der Waals surface area (Å²) in [5, 5.41) is 23.5. The molecule has 3 rings (SSSR count). The number of anilines is 1. The van der Waals surface area contributed by atoms with E-state index in [0.29, 0.717) is 10.6 Å². The number of carboxylic acid groups (broad SMARTS) is 1. The number of carbonyl (C=O) groups is 2. The Bertz CT molecular complexity index is 1410. The second kappa shape index (κ2) is 11.5. The Hall–Kier alpha value is -3.79. The van der Waals surface area contributed by atoms with E-state index in [-0.39, 0.29) is 17.0 Å². The van der Waals surface area contributed by atoms with Gasteiger partial charge in [0.25, 0.3) is 0 Å². The third-order valence-electron chi connectivity index (χ3n) is 5.31. The molecular formula is C25H27N5O5S2. The first-order chi connectivity index (χ1) is 17.4. The van der Waals surface area contributed by atoms with Crippen LogP contribution in [0.4, 0.5) is 10.5 Å². The summed E-state index contributed by atoms with van der Waals surface area (Å²) in [5.74, 6) is -0.599. The summed E-state index contributed by atoms with van der Waals surface area (Å²) >= 11 is 1.30. The molecule has 1 atom stereocenters. The van der Waals surface area contributed by atoms with Gasteiger partial charge in [-0.15, -0.1) is 11.3 Å². The highest BCUT2D eigenvalue weighted by Gasteiger charge is 2.28. The Morgan fingerprint density at radius 2 is 1.92 bits per heavy atom. The topological polar surface area (TPSA) is 152 Å². The molecule has 37 heavy (non-hydrogen) atoms. The van der Waals surface area contributed by atoms with Crippen molar-refractivity contribution in [1.82, 2.24) is 14.6 Å². The summed E-state index contributed by atoms with van der Waals surface area (Å²) in [5.41, 5.74) is 0.648. The zero-order valence-electron chi connectivity index (χ0n) is 20.5. The van der Waals surface area contributed by atoms with E-state index in [1.165, 1.54) is 35.6 Å². The monoisotopic (exact) mass is 541 g/mol. The van der Waals surface area contributed by atoms with E-state index >= 15 is 0 Å². The number of nitrogens with zero attached hydrogens (tertiary/aromatic N) is 3. The molecule has 12 heteroatoms. The van der Waals surface area contributed by atoms with E-state index in [9.17, 15) is 28.4 Å². The van der Waals surface area contributed by atoms with Crippen molar-refractivity contribution < 1.29 is 23.1 Å². The SMILES string of the molecule is CC(C)(C)N(CC(=O)Nc1cccc(S(=O)(=O)NC(Cc2cccc(C#N)c2)c2nccs2)c1)C(=O)O. The molecule has 1 aromatic heterocycles. The fourth-order valence-electron chi connectivity index (χ4n) is 3.52. The van der Waals surface area contributed by atoms with Crippen molar-refractivity contribution in [2.24, 2.45) is 0 Å². The number of aromatic nitrogens is 1. The third-order valence-corrected chi connectivity index (χ3v) is 7.67. The molecule has 0 fully saturated rings. The van der Waals surface area contributed by atoms with Crippen LogP contribution >= 0.6 is 11.3 Å². The second-order valence-corrected chi connectivity index (χ2v) is 11.8. The van der Waals surface area contributed by atoms with Crippen LogP contribution in [0.15, 0.2) is 65.0 Å². The predicted molar refractivity (Wildman–Crippen MR) is 140 cm³/mol. The summed E-state index contributed by atoms with van der Waals surface area (Å²) in [4.78, 5) is 29.2. The molecule has 0 bridgehead atoms. The molecule has 0 aliphatic carbocycles. The van der Waals surface area contributed by atoms with Gasteiger partial charge in [-0.05, 0) is 63.1 Å². The van der Waals surface area contributed by atoms with E-state index in [1.807, 2.05) is 6.07 Å². The van der Waals surface area contributed by atoms with Gasteiger partial charge in [-0.25, -0.2) is 22.9 Å². The summed E-state index contributed by atoms with van der Waals surface area (Å²) in [7, 11) is -4.04. The summed E-state index contributed by atoms with van der Waals surface area (Å²) in [6.45, 7) is 4.59. The zero-order chi connectivity index (χ0) is 27.2. The van der Waals surface area contributed by atoms with Crippen molar-refractivity contribution in [3.05, 3.63) is 76.2 Å². The maximum atomic E-state index is 13.3. The number of amides is 2. The summed E-state index contributed by atoms with van der Waals surface area (Å²) in [6, 6.07) is 14.0. The lowest BCUT2D eigenvalue weighted by molar-refractivity contribution is -0.118. The fourth-order valence-corrected chi connectivity index (χ4v) is 5.53. The summed E-state index contributed by atoms with van der Waals surface area (Å²) in [6.07, 6.45) is 0.620. The standard InChI is InChI=1S/C25H27N5O5S2/c1-25(2,3)30(24(32)33)16-22(31)28-19-8-5-9-20(14-19)37(34,35)29-21(23-27-10-11-36-23)13-17-6-4-7-18(12-17)15-26/h4-12,14,21,29H,13,16H2,1-3H3,(H,28,31)(H,32,33). The van der Waals surface area contributed by atoms with Crippen molar-refractivity contribution in [2.75, 3.05) is 11.9 Å². The second-order valence-electron chi connectivity index (χ2n) is 9.18. The van der Waals surface area contributed by atoms with Gasteiger partial charge in [-0.1, -0.05) is 18.2 Å². The lowest BCUT2D eigenvalue weighted by Crippen LogP contribution is -2.48. The van der Waals surface area contributed by atoms with Crippen LogP contribution in [0.2, 0.25) is 0 Å². The smallest absolute Gasteiger partial charge is 0.408 e. The van der Waals surface area contributed by atoms with Gasteiger partial charge in [-0.2, -0.15) is 5.26 Å². The molecular weight excluding hydrogens is 514 g/mol. The van der Waals surface area contributed by atoms with Crippen LogP contribution < -0.4 is 10.0 Å². The molecule has 0 aliphatic heterocycles. The molecule has 2 amide bonds. The Morgan fingerprint density at radius 3 is 2.54 bits per heavy atom. The van der Waals surface area contributed by atoms with Crippen molar-refractivity contribution in [1.29, 1.82) is 5.26 Å². The lowest BCUT2D eigenvalue weighted by Gasteiger charge is -2.32. The first kappa shape index (κ1) is 27.8. The normalized spacial score (nSPS) is 12.4. The molecule has 1 unspecified atom stereocenters. The minimum absolute atomic E-state index is 0.0801. The Labute approximate surface area is 219 Å². The molecule has 0 aliphatic rings. The van der Waals surface area contributed by atoms with Crippen LogP contribution in [-0.4, -0.2) is 47.5 Å². The quantitative estimate of drug-likeness (QED) is 0.370. The lowest BCUT2D eigenvalue weighted by atomic mass is 10.0. The van der Waals surface area contributed by atoms with E-state index in [1.54, 1.807) is 50.5 Å². The Kier molecular flexibility index (Phi) is 8.65. The van der Waals surface area contributed by atoms with Gasteiger partial charge in [-0.3, -0.25) is 9.69 Å². The number of carbonyl (C=O) groups excluding carboxylic acids is 1. The van der Waals surface area contributed by atoms with Crippen LogP contribution in [0.3, 0.4) is 0 Å². The van der Waals surface area contributed by atoms with E-state index < -0.39 is 40.1 Å². The van der Waals surface area contributed by atoms with Gasteiger partial charge in [0.1, 0.15) is 11.6 Å². The van der Waals surface area contributed by atoms with E-state index in [2.05, 4.69) is 21.1 Å². The van der Waals surface area contributed by atoms with E-state index in [4.69, 9.17) is 0 Å². The molecule has 194 valence electrons. The summed E-state index contributed by atoms with van der Waals surface area (Å²) < 4.78 is 29.3. The Morgan fingerprint density at radius 1 is 1.19 bits per heavy atom. The molecule has 0 saturated carbocycles. The van der Waals surface area contributed by atoms with Gasteiger partial charge in [0, 0.05) is 22.8 Å². The molecule has 2 aromatic carbocycles. The first-order valence-electron chi connectivity index (χ1n) is 11.2. The van der Waals surface area contributed by atoms with Gasteiger partial charge in [0.2, 0.25) is 15.9 Å². The highest BCUT2D eigenvalue weighted by molar-refractivity contribution is 7.89. The van der Waals surface area contributed by atoms with Crippen LogP contribution in [-0.2, 0) is 21.2 Å². The largest absolute Gasteiger partial charge is 0.465 e. The highest BCUT2D eigenvalue weighted by atomic mass is 32.2. The minimum atomic E-state index is -4.04. The molecule has 3 aromatic rings.